The van der Waals surface area contributed by atoms with E-state index in [-0.39, 0.29) is 18.4 Å². The summed E-state index contributed by atoms with van der Waals surface area (Å²) in [6.45, 7) is 3.63. The smallest absolute Gasteiger partial charge is 0.222 e. The summed E-state index contributed by atoms with van der Waals surface area (Å²) in [7, 11) is 0. The highest BCUT2D eigenvalue weighted by Crippen LogP contribution is 2.43. The Morgan fingerprint density at radius 1 is 0.771 bits per heavy atom. The summed E-state index contributed by atoms with van der Waals surface area (Å²) in [6.07, 6.45) is 8.27. The van der Waals surface area contributed by atoms with Gasteiger partial charge in [-0.1, -0.05) is 79.9 Å². The van der Waals surface area contributed by atoms with Gasteiger partial charge < -0.3 is 10.0 Å². The Hall–Kier alpha value is -2.50. The van der Waals surface area contributed by atoms with Crippen molar-refractivity contribution in [3.8, 4) is 0 Å². The molecule has 0 radical (unpaired) electrons. The first-order chi connectivity index (χ1) is 17.1. The van der Waals surface area contributed by atoms with Crippen LogP contribution in [0, 0.1) is 5.41 Å². The van der Waals surface area contributed by atoms with Crippen LogP contribution in [-0.2, 0) is 9.59 Å². The van der Waals surface area contributed by atoms with Crippen LogP contribution < -0.4 is 0 Å². The third-order valence-electron chi connectivity index (χ3n) is 7.88. The minimum Gasteiger partial charge on any atom is -0.389 e. The Morgan fingerprint density at radius 3 is 1.83 bits per heavy atom. The molecule has 1 N–H and O–H groups in total. The fraction of sp³-hybridized carbons (Fsp3) is 0.533. The Labute approximate surface area is 210 Å². The van der Waals surface area contributed by atoms with Crippen LogP contribution in [-0.4, -0.2) is 59.4 Å². The van der Waals surface area contributed by atoms with E-state index in [9.17, 15) is 9.59 Å². The second kappa shape index (κ2) is 12.5. The molecule has 2 aromatic rings. The van der Waals surface area contributed by atoms with Crippen molar-refractivity contribution < 1.29 is 14.7 Å². The van der Waals surface area contributed by atoms with Gasteiger partial charge in [0.15, 0.2) is 5.78 Å². The molecule has 188 valence electrons. The van der Waals surface area contributed by atoms with Crippen LogP contribution in [0.2, 0.25) is 0 Å². The molecule has 2 heterocycles. The quantitative estimate of drug-likeness (QED) is 0.438. The number of hydrogen-bond donors (Lipinski definition) is 1. The predicted octanol–water partition coefficient (Wildman–Crippen LogP) is 4.99. The number of aliphatic hydroxyl groups excluding tert-OH is 1. The number of likely N-dealkylation sites (tertiary alicyclic amines) is 2. The molecule has 2 fully saturated rings. The lowest BCUT2D eigenvalue weighted by atomic mass is 9.71. The van der Waals surface area contributed by atoms with Gasteiger partial charge in [-0.25, -0.2) is 0 Å². The summed E-state index contributed by atoms with van der Waals surface area (Å²) in [5.74, 6) is 0.230. The van der Waals surface area contributed by atoms with E-state index in [1.54, 1.807) is 0 Å². The highest BCUT2D eigenvalue weighted by atomic mass is 16.3. The lowest BCUT2D eigenvalue weighted by Crippen LogP contribution is -2.62. The van der Waals surface area contributed by atoms with Gasteiger partial charge >= 0.3 is 0 Å². The molecule has 2 saturated heterocycles. The minimum atomic E-state index is -0.343. The summed E-state index contributed by atoms with van der Waals surface area (Å²) in [4.78, 5) is 28.5. The van der Waals surface area contributed by atoms with E-state index < -0.39 is 0 Å². The molecule has 0 aliphatic carbocycles. The molecule has 1 amide bonds. The SMILES string of the molecule is O=C(CO)CCCCCCCC(=O)N1CC2(CCN(C(c3ccccc3)c3ccccc3)CC2)C1. The average Bonchev–Trinajstić information content (AvgIpc) is 2.88. The van der Waals surface area contributed by atoms with Gasteiger partial charge in [0.25, 0.3) is 0 Å². The Morgan fingerprint density at radius 2 is 1.29 bits per heavy atom. The van der Waals surface area contributed by atoms with Crippen molar-refractivity contribution in [3.63, 3.8) is 0 Å². The van der Waals surface area contributed by atoms with E-state index in [1.165, 1.54) is 11.1 Å². The molecule has 5 nitrogen and oxygen atoms in total. The number of amides is 1. The van der Waals surface area contributed by atoms with E-state index in [0.717, 1.165) is 71.1 Å². The van der Waals surface area contributed by atoms with Crippen molar-refractivity contribution in [1.82, 2.24) is 9.80 Å². The van der Waals surface area contributed by atoms with Crippen LogP contribution in [0.25, 0.3) is 0 Å². The largest absolute Gasteiger partial charge is 0.389 e. The zero-order valence-electron chi connectivity index (χ0n) is 20.9. The molecule has 4 rings (SSSR count). The monoisotopic (exact) mass is 476 g/mol. The van der Waals surface area contributed by atoms with E-state index in [1.807, 2.05) is 0 Å². The predicted molar refractivity (Wildman–Crippen MR) is 139 cm³/mol. The molecule has 1 spiro atoms. The number of hydrogen-bond acceptors (Lipinski definition) is 4. The second-order valence-electron chi connectivity index (χ2n) is 10.5. The first-order valence-corrected chi connectivity index (χ1v) is 13.3. The van der Waals surface area contributed by atoms with Crippen molar-refractivity contribution in [2.24, 2.45) is 5.41 Å². The van der Waals surface area contributed by atoms with Gasteiger partial charge in [0.05, 0.1) is 6.04 Å². The summed E-state index contributed by atoms with van der Waals surface area (Å²) in [5, 5.41) is 8.75. The van der Waals surface area contributed by atoms with Crippen LogP contribution in [0.15, 0.2) is 60.7 Å². The summed E-state index contributed by atoms with van der Waals surface area (Å²) in [5.41, 5.74) is 3.00. The van der Waals surface area contributed by atoms with Gasteiger partial charge in [-0.2, -0.15) is 0 Å². The van der Waals surface area contributed by atoms with Crippen molar-refractivity contribution in [2.75, 3.05) is 32.8 Å². The molecule has 2 aliphatic rings. The van der Waals surface area contributed by atoms with Gasteiger partial charge in [0.2, 0.25) is 5.91 Å². The summed E-state index contributed by atoms with van der Waals surface area (Å²) >= 11 is 0. The number of piperidine rings is 1. The maximum Gasteiger partial charge on any atom is 0.222 e. The van der Waals surface area contributed by atoms with Gasteiger partial charge in [-0.3, -0.25) is 14.5 Å². The van der Waals surface area contributed by atoms with Crippen molar-refractivity contribution in [2.45, 2.75) is 63.8 Å². The molecular formula is C30H40N2O3. The van der Waals surface area contributed by atoms with Crippen molar-refractivity contribution >= 4 is 11.7 Å². The molecule has 35 heavy (non-hydrogen) atoms. The van der Waals surface area contributed by atoms with Crippen LogP contribution in [0.4, 0.5) is 0 Å². The number of aliphatic hydroxyl groups is 1. The standard InChI is InChI=1S/C30H40N2O3/c33-22-27(34)16-10-2-1-3-11-17-28(35)32-23-30(24-32)18-20-31(21-19-30)29(25-12-6-4-7-13-25)26-14-8-5-9-15-26/h4-9,12-15,29,33H,1-3,10-11,16-24H2. The fourth-order valence-electron chi connectivity index (χ4n) is 5.76. The number of carbonyl (C=O) groups excluding carboxylic acids is 2. The molecule has 0 unspecified atom stereocenters. The Bertz CT molecular complexity index is 891. The molecule has 0 atom stereocenters. The lowest BCUT2D eigenvalue weighted by Gasteiger charge is -2.55. The summed E-state index contributed by atoms with van der Waals surface area (Å²) < 4.78 is 0. The third kappa shape index (κ3) is 6.80. The molecular weight excluding hydrogens is 436 g/mol. The summed E-state index contributed by atoms with van der Waals surface area (Å²) in [6, 6.07) is 21.9. The van der Waals surface area contributed by atoms with Gasteiger partial charge in [-0.05, 0) is 49.9 Å². The molecule has 2 aromatic carbocycles. The van der Waals surface area contributed by atoms with E-state index in [2.05, 4.69) is 70.5 Å². The normalized spacial score (nSPS) is 17.5. The van der Waals surface area contributed by atoms with Gasteiger partial charge in [0.1, 0.15) is 6.61 Å². The Kier molecular flexibility index (Phi) is 9.11. The van der Waals surface area contributed by atoms with Gasteiger partial charge in [0, 0.05) is 31.3 Å². The number of unbranched alkanes of at least 4 members (excludes halogenated alkanes) is 4. The van der Waals surface area contributed by atoms with Crippen LogP contribution in [0.3, 0.4) is 0 Å². The van der Waals surface area contributed by atoms with Crippen LogP contribution in [0.1, 0.15) is 75.0 Å². The van der Waals surface area contributed by atoms with E-state index in [0.29, 0.717) is 24.2 Å². The number of carbonyl (C=O) groups is 2. The molecule has 5 heteroatoms. The first kappa shape index (κ1) is 25.6. The maximum absolute atomic E-state index is 12.7. The molecule has 2 aliphatic heterocycles. The number of benzene rings is 2. The van der Waals surface area contributed by atoms with Crippen LogP contribution >= 0.6 is 0 Å². The first-order valence-electron chi connectivity index (χ1n) is 13.3. The van der Waals surface area contributed by atoms with Crippen LogP contribution in [0.5, 0.6) is 0 Å². The van der Waals surface area contributed by atoms with Gasteiger partial charge in [-0.15, -0.1) is 0 Å². The van der Waals surface area contributed by atoms with E-state index >= 15 is 0 Å². The number of ketones is 1. The number of Topliss-reactive ketones (excluding diaryl/α,β-unsaturated/α-hetero) is 1. The highest BCUT2D eigenvalue weighted by molar-refractivity contribution is 5.79. The minimum absolute atomic E-state index is 0.0756. The average molecular weight is 477 g/mol. The topological polar surface area (TPSA) is 60.9 Å². The third-order valence-corrected chi connectivity index (χ3v) is 7.88. The van der Waals surface area contributed by atoms with E-state index in [4.69, 9.17) is 5.11 Å². The highest BCUT2D eigenvalue weighted by Gasteiger charge is 2.47. The zero-order valence-corrected chi connectivity index (χ0v) is 20.9. The number of nitrogens with zero attached hydrogens (tertiary/aromatic N) is 2. The molecule has 0 saturated carbocycles. The number of rotatable bonds is 12. The molecule has 0 bridgehead atoms. The van der Waals surface area contributed by atoms with Crippen molar-refractivity contribution in [3.05, 3.63) is 71.8 Å². The maximum atomic E-state index is 12.7. The fourth-order valence-corrected chi connectivity index (χ4v) is 5.76. The zero-order chi connectivity index (χ0) is 24.5. The van der Waals surface area contributed by atoms with Crippen molar-refractivity contribution in [1.29, 1.82) is 0 Å². The lowest BCUT2D eigenvalue weighted by molar-refractivity contribution is -0.147. The Balaban J connectivity index is 1.19. The molecule has 0 aromatic heterocycles. The second-order valence-corrected chi connectivity index (χ2v) is 10.5.